The van der Waals surface area contributed by atoms with Gasteiger partial charge in [0.2, 0.25) is 0 Å². The number of rotatable bonds is 8. The van der Waals surface area contributed by atoms with Crippen molar-refractivity contribution in [1.82, 2.24) is 5.06 Å². The SMILES string of the molecule is C=CCOCCC(=O)C(C)C(=O)N(C)OC. The molecule has 0 heterocycles. The lowest BCUT2D eigenvalue weighted by Crippen LogP contribution is -2.35. The van der Waals surface area contributed by atoms with E-state index in [1.165, 1.54) is 14.2 Å². The van der Waals surface area contributed by atoms with Crippen molar-refractivity contribution in [2.45, 2.75) is 13.3 Å². The predicted molar refractivity (Wildman–Crippen MR) is 59.6 cm³/mol. The van der Waals surface area contributed by atoms with Gasteiger partial charge in [-0.05, 0) is 6.92 Å². The summed E-state index contributed by atoms with van der Waals surface area (Å²) in [7, 11) is 2.85. The lowest BCUT2D eigenvalue weighted by Gasteiger charge is -2.17. The van der Waals surface area contributed by atoms with Gasteiger partial charge in [-0.3, -0.25) is 14.4 Å². The molecular formula is C11H19NO4. The molecule has 0 bridgehead atoms. The van der Waals surface area contributed by atoms with Gasteiger partial charge in [0.25, 0.3) is 5.91 Å². The highest BCUT2D eigenvalue weighted by Gasteiger charge is 2.24. The van der Waals surface area contributed by atoms with Gasteiger partial charge in [-0.15, -0.1) is 6.58 Å². The molecule has 92 valence electrons. The Labute approximate surface area is 96.0 Å². The van der Waals surface area contributed by atoms with Crippen molar-refractivity contribution >= 4 is 11.7 Å². The normalized spacial score (nSPS) is 11.9. The number of carbonyl (C=O) groups excluding carboxylic acids is 2. The molecule has 0 aromatic carbocycles. The molecule has 5 heteroatoms. The van der Waals surface area contributed by atoms with E-state index in [9.17, 15) is 9.59 Å². The predicted octanol–water partition coefficient (Wildman–Crippen LogP) is 0.804. The summed E-state index contributed by atoms with van der Waals surface area (Å²) in [6, 6.07) is 0. The minimum absolute atomic E-state index is 0.155. The summed E-state index contributed by atoms with van der Waals surface area (Å²) >= 11 is 0. The van der Waals surface area contributed by atoms with Gasteiger partial charge in [0, 0.05) is 13.5 Å². The van der Waals surface area contributed by atoms with Crippen molar-refractivity contribution in [1.29, 1.82) is 0 Å². The minimum atomic E-state index is -0.697. The highest BCUT2D eigenvalue weighted by molar-refractivity contribution is 6.00. The van der Waals surface area contributed by atoms with Gasteiger partial charge < -0.3 is 4.74 Å². The van der Waals surface area contributed by atoms with Crippen molar-refractivity contribution in [3.8, 4) is 0 Å². The van der Waals surface area contributed by atoms with E-state index in [2.05, 4.69) is 6.58 Å². The first kappa shape index (κ1) is 14.8. The fourth-order valence-electron chi connectivity index (χ4n) is 1.06. The molecule has 5 nitrogen and oxygen atoms in total. The largest absolute Gasteiger partial charge is 0.377 e. The van der Waals surface area contributed by atoms with Crippen LogP contribution in [0.3, 0.4) is 0 Å². The molecule has 0 aliphatic heterocycles. The number of hydrogen-bond acceptors (Lipinski definition) is 4. The molecule has 0 aromatic rings. The molecule has 0 saturated carbocycles. The number of hydrogen-bond donors (Lipinski definition) is 0. The first-order valence-electron chi connectivity index (χ1n) is 5.07. The van der Waals surface area contributed by atoms with Gasteiger partial charge in [0.1, 0.15) is 5.78 Å². The smallest absolute Gasteiger partial charge is 0.256 e. The van der Waals surface area contributed by atoms with Crippen LogP contribution in [0, 0.1) is 5.92 Å². The molecule has 1 atom stereocenters. The third-order valence-corrected chi connectivity index (χ3v) is 2.17. The maximum absolute atomic E-state index is 11.6. The van der Waals surface area contributed by atoms with Crippen molar-refractivity contribution in [2.75, 3.05) is 27.4 Å². The monoisotopic (exact) mass is 229 g/mol. The molecule has 0 aromatic heterocycles. The molecule has 0 radical (unpaired) electrons. The highest BCUT2D eigenvalue weighted by Crippen LogP contribution is 2.05. The Balaban J connectivity index is 3.98. The molecule has 1 unspecified atom stereocenters. The minimum Gasteiger partial charge on any atom is -0.377 e. The van der Waals surface area contributed by atoms with Crippen LogP contribution in [0.1, 0.15) is 13.3 Å². The van der Waals surface area contributed by atoms with Crippen LogP contribution in [0.4, 0.5) is 0 Å². The van der Waals surface area contributed by atoms with Crippen LogP contribution in [0.25, 0.3) is 0 Å². The second-order valence-electron chi connectivity index (χ2n) is 3.32. The van der Waals surface area contributed by atoms with Gasteiger partial charge in [-0.1, -0.05) is 6.08 Å². The van der Waals surface area contributed by atoms with E-state index in [4.69, 9.17) is 9.57 Å². The Morgan fingerprint density at radius 2 is 2.12 bits per heavy atom. The molecule has 0 saturated heterocycles. The Morgan fingerprint density at radius 1 is 1.50 bits per heavy atom. The van der Waals surface area contributed by atoms with Crippen LogP contribution in [-0.4, -0.2) is 44.1 Å². The van der Waals surface area contributed by atoms with E-state index in [0.717, 1.165) is 5.06 Å². The Morgan fingerprint density at radius 3 is 2.62 bits per heavy atom. The number of hydroxylamine groups is 2. The quantitative estimate of drug-likeness (QED) is 0.267. The molecule has 0 spiro atoms. The lowest BCUT2D eigenvalue weighted by atomic mass is 10.0. The summed E-state index contributed by atoms with van der Waals surface area (Å²) in [4.78, 5) is 27.8. The molecular weight excluding hydrogens is 210 g/mol. The summed E-state index contributed by atoms with van der Waals surface area (Å²) < 4.78 is 5.08. The number of Topliss-reactive ketones (excluding diaryl/α,β-unsaturated/α-hetero) is 1. The van der Waals surface area contributed by atoms with Crippen LogP contribution < -0.4 is 0 Å². The van der Waals surface area contributed by atoms with E-state index in [-0.39, 0.29) is 18.1 Å². The van der Waals surface area contributed by atoms with Gasteiger partial charge in [0.05, 0.1) is 26.2 Å². The second kappa shape index (κ2) is 8.01. The summed E-state index contributed by atoms with van der Waals surface area (Å²) in [6.45, 7) is 5.77. The van der Waals surface area contributed by atoms with E-state index in [1.54, 1.807) is 13.0 Å². The summed E-state index contributed by atoms with van der Waals surface area (Å²) in [5.41, 5.74) is 0. The molecule has 0 fully saturated rings. The summed E-state index contributed by atoms with van der Waals surface area (Å²) in [5, 5.41) is 1.05. The number of amides is 1. The lowest BCUT2D eigenvalue weighted by molar-refractivity contribution is -0.174. The van der Waals surface area contributed by atoms with Crippen LogP contribution in [0.15, 0.2) is 12.7 Å². The fourth-order valence-corrected chi connectivity index (χ4v) is 1.06. The second-order valence-corrected chi connectivity index (χ2v) is 3.32. The molecule has 0 rings (SSSR count). The molecule has 0 aliphatic rings. The van der Waals surface area contributed by atoms with Gasteiger partial charge in [-0.2, -0.15) is 0 Å². The highest BCUT2D eigenvalue weighted by atomic mass is 16.7. The first-order chi connectivity index (χ1) is 7.54. The number of nitrogens with zero attached hydrogens (tertiary/aromatic N) is 1. The Bertz CT molecular complexity index is 252. The maximum Gasteiger partial charge on any atom is 0.256 e. The van der Waals surface area contributed by atoms with Crippen LogP contribution >= 0.6 is 0 Å². The molecule has 0 N–H and O–H groups in total. The zero-order chi connectivity index (χ0) is 12.6. The third-order valence-electron chi connectivity index (χ3n) is 2.17. The summed E-state index contributed by atoms with van der Waals surface area (Å²) in [6.07, 6.45) is 1.83. The van der Waals surface area contributed by atoms with Gasteiger partial charge in [0.15, 0.2) is 0 Å². The average molecular weight is 229 g/mol. The maximum atomic E-state index is 11.6. The first-order valence-corrected chi connectivity index (χ1v) is 5.07. The fraction of sp³-hybridized carbons (Fsp3) is 0.636. The number of carbonyl (C=O) groups is 2. The Kier molecular flexibility index (Phi) is 7.41. The van der Waals surface area contributed by atoms with Gasteiger partial charge >= 0.3 is 0 Å². The van der Waals surface area contributed by atoms with Crippen molar-refractivity contribution in [3.63, 3.8) is 0 Å². The van der Waals surface area contributed by atoms with Crippen molar-refractivity contribution in [2.24, 2.45) is 5.92 Å². The topological polar surface area (TPSA) is 55.8 Å². The zero-order valence-electron chi connectivity index (χ0n) is 10.1. The summed E-state index contributed by atoms with van der Waals surface area (Å²) in [5.74, 6) is -1.20. The molecule has 0 aliphatic carbocycles. The zero-order valence-corrected chi connectivity index (χ0v) is 10.1. The third kappa shape index (κ3) is 5.04. The van der Waals surface area contributed by atoms with Crippen LogP contribution in [-0.2, 0) is 19.2 Å². The van der Waals surface area contributed by atoms with Crippen molar-refractivity contribution in [3.05, 3.63) is 12.7 Å². The average Bonchev–Trinajstić information content (AvgIpc) is 2.31. The standard InChI is InChI=1S/C11H19NO4/c1-5-7-16-8-6-10(13)9(2)11(14)12(3)15-4/h5,9H,1,6-8H2,2-4H3. The number of ether oxygens (including phenoxy) is 1. The molecule has 1 amide bonds. The Hall–Kier alpha value is -1.20. The van der Waals surface area contributed by atoms with E-state index in [0.29, 0.717) is 13.2 Å². The van der Waals surface area contributed by atoms with Crippen LogP contribution in [0.2, 0.25) is 0 Å². The number of ketones is 1. The van der Waals surface area contributed by atoms with E-state index < -0.39 is 5.92 Å². The van der Waals surface area contributed by atoms with E-state index in [1.807, 2.05) is 0 Å². The van der Waals surface area contributed by atoms with E-state index >= 15 is 0 Å². The molecule has 16 heavy (non-hydrogen) atoms. The van der Waals surface area contributed by atoms with Crippen molar-refractivity contribution < 1.29 is 19.2 Å². The van der Waals surface area contributed by atoms with Crippen LogP contribution in [0.5, 0.6) is 0 Å². The van der Waals surface area contributed by atoms with Gasteiger partial charge in [-0.25, -0.2) is 5.06 Å².